The van der Waals surface area contributed by atoms with Crippen LogP contribution in [0, 0.1) is 0 Å². The zero-order valence-corrected chi connectivity index (χ0v) is 23.5. The molecule has 0 aromatic heterocycles. The summed E-state index contributed by atoms with van der Waals surface area (Å²) in [4.78, 5) is 43.1. The Morgan fingerprint density at radius 3 is 1.55 bits per heavy atom. The van der Waals surface area contributed by atoms with Crippen LogP contribution in [-0.4, -0.2) is 123 Å². The Morgan fingerprint density at radius 1 is 0.775 bits per heavy atom. The minimum Gasteiger partial charge on any atom is -0.466 e. The lowest BCUT2D eigenvalue weighted by Crippen LogP contribution is -2.24. The third-order valence-corrected chi connectivity index (χ3v) is 4.49. The van der Waals surface area contributed by atoms with Gasteiger partial charge < -0.3 is 53.2 Å². The maximum atomic E-state index is 11.2. The van der Waals surface area contributed by atoms with Crippen LogP contribution in [0.25, 0.3) is 0 Å². The topological polar surface area (TPSA) is 203 Å². The summed E-state index contributed by atoms with van der Waals surface area (Å²) in [5.74, 6) is -3.83. The highest BCUT2D eigenvalue weighted by molar-refractivity contribution is 5.92. The summed E-state index contributed by atoms with van der Waals surface area (Å²) in [6, 6.07) is 0. The summed E-state index contributed by atoms with van der Waals surface area (Å²) in [6.45, 7) is 7.44. The Hall–Kier alpha value is -2.92. The molecule has 0 aliphatic carbocycles. The minimum absolute atomic E-state index is 0.0451. The molecule has 230 valence electrons. The summed E-state index contributed by atoms with van der Waals surface area (Å²) in [5, 5.41) is 25.8. The van der Waals surface area contributed by atoms with Crippen LogP contribution in [0.1, 0.15) is 27.7 Å². The Kier molecular flexibility index (Phi) is 17.8. The second kappa shape index (κ2) is 19.2. The number of carbonyl (C=O) groups is 4. The first-order valence-corrected chi connectivity index (χ1v) is 12.1. The molecular weight excluding hydrogens is 540 g/mol. The smallest absolute Gasteiger partial charge is 0.331 e. The Bertz CT molecular complexity index is 849. The number of hydrogen-bond acceptors (Lipinski definition) is 15. The number of rotatable bonds is 10. The summed E-state index contributed by atoms with van der Waals surface area (Å²) < 4.78 is 39.0. The van der Waals surface area contributed by atoms with Gasteiger partial charge in [-0.3, -0.25) is 0 Å². The molecule has 2 fully saturated rings. The van der Waals surface area contributed by atoms with Gasteiger partial charge >= 0.3 is 23.9 Å². The van der Waals surface area contributed by atoms with Crippen molar-refractivity contribution >= 4 is 23.9 Å². The van der Waals surface area contributed by atoms with Crippen LogP contribution < -0.4 is 0 Å². The Labute approximate surface area is 232 Å². The molecule has 2 rings (SSSR count). The van der Waals surface area contributed by atoms with E-state index in [1.807, 2.05) is 13.8 Å². The molecule has 0 radical (unpaired) electrons. The molecule has 0 amide bonds. The molecule has 15 heteroatoms. The lowest BCUT2D eigenvalue weighted by atomic mass is 10.4. The van der Waals surface area contributed by atoms with Crippen LogP contribution in [0.4, 0.5) is 0 Å². The second-order valence-electron chi connectivity index (χ2n) is 8.89. The second-order valence-corrected chi connectivity index (χ2v) is 8.89. The van der Waals surface area contributed by atoms with Gasteiger partial charge in [0.2, 0.25) is 0 Å². The van der Waals surface area contributed by atoms with Crippen LogP contribution in [-0.2, 0) is 57.1 Å². The van der Waals surface area contributed by atoms with Gasteiger partial charge in [0.25, 0.3) is 0 Å². The van der Waals surface area contributed by atoms with E-state index in [-0.39, 0.29) is 32.0 Å². The lowest BCUT2D eigenvalue weighted by Gasteiger charge is -2.16. The van der Waals surface area contributed by atoms with Crippen molar-refractivity contribution in [2.75, 3.05) is 53.9 Å². The van der Waals surface area contributed by atoms with Crippen molar-refractivity contribution in [3.63, 3.8) is 0 Å². The molecule has 0 unspecified atom stereocenters. The van der Waals surface area contributed by atoms with Gasteiger partial charge in [0.1, 0.15) is 31.5 Å². The van der Waals surface area contributed by atoms with E-state index in [0.717, 1.165) is 24.3 Å². The molecule has 0 bridgehead atoms. The number of carbonyl (C=O) groups excluding carboxylic acids is 4. The monoisotopic (exact) mass is 580 g/mol. The molecule has 15 nitrogen and oxygen atoms in total. The van der Waals surface area contributed by atoms with E-state index in [9.17, 15) is 19.2 Å². The van der Waals surface area contributed by atoms with Crippen LogP contribution in [0.5, 0.6) is 0 Å². The normalized spacial score (nSPS) is 21.4. The van der Waals surface area contributed by atoms with E-state index in [1.54, 1.807) is 13.8 Å². The van der Waals surface area contributed by atoms with Crippen LogP contribution in [0.15, 0.2) is 24.3 Å². The maximum Gasteiger partial charge on any atom is 0.331 e. The highest BCUT2D eigenvalue weighted by Crippen LogP contribution is 2.22. The first kappa shape index (κ1) is 37.1. The van der Waals surface area contributed by atoms with E-state index in [2.05, 4.69) is 14.2 Å². The SMILES string of the molecule is CC1(C)OC[C@@H](CO)O1.COC(=O)/C=C/C(=O)OC[C@@H](O)CO.COC(=O)/C=C/C(=O)OC[C@@H]1COC(C)(C)O1. The van der Waals surface area contributed by atoms with Crippen molar-refractivity contribution in [3.05, 3.63) is 24.3 Å². The third-order valence-electron chi connectivity index (χ3n) is 4.49. The van der Waals surface area contributed by atoms with Gasteiger partial charge in [-0.05, 0) is 27.7 Å². The van der Waals surface area contributed by atoms with Gasteiger partial charge in [-0.25, -0.2) is 19.2 Å². The number of aliphatic hydroxyl groups is 3. The van der Waals surface area contributed by atoms with Gasteiger partial charge in [-0.2, -0.15) is 0 Å². The van der Waals surface area contributed by atoms with E-state index in [1.165, 1.54) is 14.2 Å². The highest BCUT2D eigenvalue weighted by atomic mass is 16.8. The van der Waals surface area contributed by atoms with Crippen LogP contribution in [0.3, 0.4) is 0 Å². The largest absolute Gasteiger partial charge is 0.466 e. The number of methoxy groups -OCH3 is 2. The number of esters is 4. The summed E-state index contributed by atoms with van der Waals surface area (Å²) in [7, 11) is 2.40. The molecule has 2 heterocycles. The lowest BCUT2D eigenvalue weighted by molar-refractivity contribution is -0.155. The fourth-order valence-corrected chi connectivity index (χ4v) is 2.61. The first-order chi connectivity index (χ1) is 18.7. The molecule has 0 aromatic rings. The summed E-state index contributed by atoms with van der Waals surface area (Å²) >= 11 is 0. The van der Waals surface area contributed by atoms with Gasteiger partial charge in [0.05, 0.1) is 40.6 Å². The average Bonchev–Trinajstić information content (AvgIpc) is 3.47. The fraction of sp³-hybridized carbons (Fsp3) is 0.680. The molecule has 40 heavy (non-hydrogen) atoms. The molecule has 2 aliphatic rings. The van der Waals surface area contributed by atoms with Gasteiger partial charge in [-0.1, -0.05) is 0 Å². The predicted octanol–water partition coefficient (Wildman–Crippen LogP) is -0.847. The summed E-state index contributed by atoms with van der Waals surface area (Å²) in [5.41, 5.74) is 0. The molecule has 2 aliphatic heterocycles. The average molecular weight is 581 g/mol. The van der Waals surface area contributed by atoms with Crippen molar-refractivity contribution in [3.8, 4) is 0 Å². The Balaban J connectivity index is 0.000000596. The van der Waals surface area contributed by atoms with Crippen molar-refractivity contribution < 1.29 is 72.4 Å². The van der Waals surface area contributed by atoms with Crippen molar-refractivity contribution in [2.45, 2.75) is 57.6 Å². The third kappa shape index (κ3) is 18.4. The number of hydrogen-bond donors (Lipinski definition) is 3. The quantitative estimate of drug-likeness (QED) is 0.164. The summed E-state index contributed by atoms with van der Waals surface area (Å²) in [6.07, 6.45) is 2.26. The Morgan fingerprint density at radius 2 is 1.20 bits per heavy atom. The molecule has 3 N–H and O–H groups in total. The zero-order valence-electron chi connectivity index (χ0n) is 23.5. The molecule has 2 saturated heterocycles. The van der Waals surface area contributed by atoms with E-state index in [4.69, 9.17) is 39.0 Å². The zero-order chi connectivity index (χ0) is 30.8. The van der Waals surface area contributed by atoms with Gasteiger partial charge in [0.15, 0.2) is 11.6 Å². The van der Waals surface area contributed by atoms with Crippen LogP contribution in [0.2, 0.25) is 0 Å². The molecule has 0 aromatic carbocycles. The van der Waals surface area contributed by atoms with Crippen molar-refractivity contribution in [1.29, 1.82) is 0 Å². The highest BCUT2D eigenvalue weighted by Gasteiger charge is 2.33. The van der Waals surface area contributed by atoms with Crippen LogP contribution >= 0.6 is 0 Å². The van der Waals surface area contributed by atoms with E-state index >= 15 is 0 Å². The molecule has 3 atom stereocenters. The van der Waals surface area contributed by atoms with Gasteiger partial charge in [-0.15, -0.1) is 0 Å². The minimum atomic E-state index is -1.11. The van der Waals surface area contributed by atoms with E-state index < -0.39 is 48.2 Å². The van der Waals surface area contributed by atoms with Crippen molar-refractivity contribution in [2.24, 2.45) is 0 Å². The maximum absolute atomic E-state index is 11.2. The fourth-order valence-electron chi connectivity index (χ4n) is 2.61. The van der Waals surface area contributed by atoms with Crippen molar-refractivity contribution in [1.82, 2.24) is 0 Å². The van der Waals surface area contributed by atoms with Gasteiger partial charge in [0, 0.05) is 24.3 Å². The molecule has 0 spiro atoms. The first-order valence-electron chi connectivity index (χ1n) is 12.1. The number of aliphatic hydroxyl groups excluding tert-OH is 3. The van der Waals surface area contributed by atoms with E-state index in [0.29, 0.717) is 13.2 Å². The predicted molar refractivity (Wildman–Crippen MR) is 134 cm³/mol. The molecule has 0 saturated carbocycles. The standard InChI is InChI=1S/C11H16O6.C8H12O6.C6H12O3/c1-11(2)16-7-8(17-11)6-15-10(13)5-4-9(12)14-3;1-13-7(11)2-3-8(12)14-5-6(10)4-9;1-6(2)8-4-5(3-7)9-6/h4-5,8H,6-7H2,1-3H3;2-3,6,9-10H,4-5H2,1H3;5,7H,3-4H2,1-2H3/b5-4+;3-2+;/t8-;6-;5-/m101/s1. The number of ether oxygens (including phenoxy) is 8. The molecular formula is C25H40O15.